The van der Waals surface area contributed by atoms with Gasteiger partial charge in [-0.1, -0.05) is 12.1 Å². The van der Waals surface area contributed by atoms with Gasteiger partial charge in [-0.2, -0.15) is 17.5 Å². The summed E-state index contributed by atoms with van der Waals surface area (Å²) in [5.74, 6) is 0. The van der Waals surface area contributed by atoms with Crippen LogP contribution in [0.3, 0.4) is 0 Å². The van der Waals surface area contributed by atoms with Crippen molar-refractivity contribution in [1.82, 2.24) is 4.98 Å². The third kappa shape index (κ3) is 7.08. The predicted octanol–water partition coefficient (Wildman–Crippen LogP) is -2.27. The van der Waals surface area contributed by atoms with E-state index in [1.54, 1.807) is 0 Å². The molecule has 1 nitrogen and oxygen atoms in total. The van der Waals surface area contributed by atoms with Crippen LogP contribution in [0.15, 0.2) is 48.6 Å². The van der Waals surface area contributed by atoms with Crippen molar-refractivity contribution in [2.75, 3.05) is 0 Å². The maximum atomic E-state index is 2.99. The van der Waals surface area contributed by atoms with Crippen LogP contribution >= 0.6 is 0 Å². The van der Waals surface area contributed by atoms with Gasteiger partial charge in [-0.3, -0.25) is 6.08 Å². The molecule has 0 aliphatic heterocycles. The molecule has 1 aromatic carbocycles. The van der Waals surface area contributed by atoms with Crippen LogP contribution < -0.4 is 24.8 Å². The second kappa shape index (κ2) is 13.0. The zero-order valence-corrected chi connectivity index (χ0v) is 13.2. The Bertz CT molecular complexity index is 423. The van der Waals surface area contributed by atoms with Crippen LogP contribution in [0.4, 0.5) is 0 Å². The summed E-state index contributed by atoms with van der Waals surface area (Å²) in [5, 5.41) is 1.22. The van der Waals surface area contributed by atoms with E-state index in [-0.39, 0.29) is 54.0 Å². The SMILES string of the molecule is [C-]1=CC=CC1.[CH3-].[Cl-].[Cl-].[Ti+2].[c-]1cc2ccccc2[nH]1. The minimum atomic E-state index is 0. The van der Waals surface area contributed by atoms with Crippen molar-refractivity contribution < 1.29 is 46.5 Å². The first-order valence-corrected chi connectivity index (χ1v) is 4.62. The maximum Gasteiger partial charge on any atom is 2.00 e. The first-order valence-electron chi connectivity index (χ1n) is 4.62. The normalized spacial score (nSPS) is 10.0. The summed E-state index contributed by atoms with van der Waals surface area (Å²) in [5.41, 5.74) is 1.15. The van der Waals surface area contributed by atoms with Crippen LogP contribution in [-0.4, -0.2) is 4.98 Å². The Labute approximate surface area is 136 Å². The molecule has 4 heteroatoms. The second-order valence-corrected chi connectivity index (χ2v) is 3.00. The van der Waals surface area contributed by atoms with Gasteiger partial charge in [0.1, 0.15) is 0 Å². The van der Waals surface area contributed by atoms with Gasteiger partial charge >= 0.3 is 21.7 Å². The number of rotatable bonds is 0. The molecule has 0 spiro atoms. The molecule has 1 N–H and O–H groups in total. The van der Waals surface area contributed by atoms with Crippen LogP contribution in [0.25, 0.3) is 10.9 Å². The number of H-pyrrole nitrogens is 1. The summed E-state index contributed by atoms with van der Waals surface area (Å²) in [6.45, 7) is 0. The molecule has 1 aromatic heterocycles. The molecule has 96 valence electrons. The van der Waals surface area contributed by atoms with Crippen molar-refractivity contribution in [3.63, 3.8) is 0 Å². The number of hydrogen-bond acceptors (Lipinski definition) is 0. The number of hydrogen-bond donors (Lipinski definition) is 1. The molecule has 0 unspecified atom stereocenters. The van der Waals surface area contributed by atoms with E-state index in [1.807, 2.05) is 36.4 Å². The van der Waals surface area contributed by atoms with E-state index in [2.05, 4.69) is 29.4 Å². The van der Waals surface area contributed by atoms with Gasteiger partial charge in [0, 0.05) is 0 Å². The average Bonchev–Trinajstić information content (AvgIpc) is 2.92. The van der Waals surface area contributed by atoms with Crippen molar-refractivity contribution in [2.45, 2.75) is 6.42 Å². The average molecular weight is 315 g/mol. The summed E-state index contributed by atoms with van der Waals surface area (Å²) < 4.78 is 0. The number of aromatic amines is 1. The Hall–Kier alpha value is -0.466. The summed E-state index contributed by atoms with van der Waals surface area (Å²) in [6, 6.07) is 10.1. The molecular weight excluding hydrogens is 301 g/mol. The molecule has 1 heterocycles. The third-order valence-corrected chi connectivity index (χ3v) is 1.98. The molecule has 2 aromatic rings. The Morgan fingerprint density at radius 3 is 2.33 bits per heavy atom. The fraction of sp³-hybridized carbons (Fsp3) is 0.0714. The van der Waals surface area contributed by atoms with Gasteiger partial charge in [-0.05, 0) is 0 Å². The largest absolute Gasteiger partial charge is 2.00 e. The molecule has 0 amide bonds. The van der Waals surface area contributed by atoms with Crippen molar-refractivity contribution in [2.24, 2.45) is 0 Å². The Morgan fingerprint density at radius 1 is 1.11 bits per heavy atom. The van der Waals surface area contributed by atoms with Gasteiger partial charge in [0.25, 0.3) is 0 Å². The van der Waals surface area contributed by atoms with Crippen LogP contribution in [0.1, 0.15) is 6.42 Å². The number of allylic oxidation sites excluding steroid dienone is 4. The summed E-state index contributed by atoms with van der Waals surface area (Å²) >= 11 is 0. The monoisotopic (exact) mass is 314 g/mol. The van der Waals surface area contributed by atoms with Gasteiger partial charge in [0.15, 0.2) is 0 Å². The quantitative estimate of drug-likeness (QED) is 0.417. The van der Waals surface area contributed by atoms with Gasteiger partial charge in [-0.25, -0.2) is 12.2 Å². The third-order valence-electron chi connectivity index (χ3n) is 1.98. The van der Waals surface area contributed by atoms with E-state index in [9.17, 15) is 0 Å². The predicted molar refractivity (Wildman–Crippen MR) is 65.1 cm³/mol. The van der Waals surface area contributed by atoms with Crippen LogP contribution in [-0.2, 0) is 21.7 Å². The fourth-order valence-corrected chi connectivity index (χ4v) is 1.27. The molecule has 0 saturated heterocycles. The number of benzene rings is 1. The Balaban J connectivity index is -0.000000224. The number of fused-ring (bicyclic) bond motifs is 1. The second-order valence-electron chi connectivity index (χ2n) is 3.00. The van der Waals surface area contributed by atoms with Crippen molar-refractivity contribution in [1.29, 1.82) is 0 Å². The fourth-order valence-electron chi connectivity index (χ4n) is 1.27. The molecule has 0 saturated carbocycles. The first-order chi connectivity index (χ1) is 6.97. The Kier molecular flexibility index (Phi) is 16.4. The van der Waals surface area contributed by atoms with E-state index in [0.29, 0.717) is 0 Å². The zero-order chi connectivity index (χ0) is 9.64. The molecule has 1 aliphatic carbocycles. The smallest absolute Gasteiger partial charge is 1.00 e. The van der Waals surface area contributed by atoms with E-state index >= 15 is 0 Å². The van der Waals surface area contributed by atoms with Crippen molar-refractivity contribution >= 4 is 10.9 Å². The number of para-hydroxylation sites is 1. The molecule has 1 aliphatic rings. The molecule has 0 fully saturated rings. The van der Waals surface area contributed by atoms with Crippen LogP contribution in [0.5, 0.6) is 0 Å². The number of aromatic nitrogens is 1. The molecule has 18 heavy (non-hydrogen) atoms. The van der Waals surface area contributed by atoms with Gasteiger partial charge in [0.2, 0.25) is 0 Å². The molecule has 0 atom stereocenters. The maximum absolute atomic E-state index is 2.99. The molecule has 0 bridgehead atoms. The summed E-state index contributed by atoms with van der Waals surface area (Å²) in [6.07, 6.45) is 12.9. The molecule has 0 radical (unpaired) electrons. The van der Waals surface area contributed by atoms with E-state index in [1.165, 1.54) is 5.39 Å². The van der Waals surface area contributed by atoms with Crippen LogP contribution in [0.2, 0.25) is 0 Å². The minimum absolute atomic E-state index is 0. The number of nitrogens with one attached hydrogen (secondary N) is 1. The minimum Gasteiger partial charge on any atom is -1.00 e. The van der Waals surface area contributed by atoms with Gasteiger partial charge in [-0.15, -0.1) is 30.3 Å². The van der Waals surface area contributed by atoms with E-state index in [0.717, 1.165) is 11.9 Å². The summed E-state index contributed by atoms with van der Waals surface area (Å²) in [4.78, 5) is 2.99. The van der Waals surface area contributed by atoms with Gasteiger partial charge in [0.05, 0.1) is 0 Å². The first kappa shape index (κ1) is 22.7. The molecular formula is C14H14Cl2NTi-3. The number of halogens is 2. The van der Waals surface area contributed by atoms with Crippen molar-refractivity contribution in [3.8, 4) is 0 Å². The zero-order valence-electron chi connectivity index (χ0n) is 10.1. The topological polar surface area (TPSA) is 15.8 Å². The summed E-state index contributed by atoms with van der Waals surface area (Å²) in [7, 11) is 0. The van der Waals surface area contributed by atoms with Gasteiger partial charge < -0.3 is 37.2 Å². The van der Waals surface area contributed by atoms with Crippen LogP contribution in [0, 0.1) is 19.7 Å². The van der Waals surface area contributed by atoms with Crippen molar-refractivity contribution in [3.05, 3.63) is 68.3 Å². The van der Waals surface area contributed by atoms with E-state index < -0.39 is 0 Å². The molecule has 3 rings (SSSR count). The standard InChI is InChI=1S/C8H6N.C5H5.CH3.2ClH.Ti/c1-2-4-8-7(3-1)5-6-9-8;1-2-4-5-3-1;;;;/h1-5,9H;1-3H,4H2;1H3;2*1H;/q3*-1;;;+2/p-2. The van der Waals surface area contributed by atoms with E-state index in [4.69, 9.17) is 0 Å². The Morgan fingerprint density at radius 2 is 1.83 bits per heavy atom.